The van der Waals surface area contributed by atoms with E-state index in [-0.39, 0.29) is 18.4 Å². The lowest BCUT2D eigenvalue weighted by Crippen LogP contribution is -2.50. The van der Waals surface area contributed by atoms with Gasteiger partial charge in [-0.2, -0.15) is 13.2 Å². The second kappa shape index (κ2) is 9.96. The van der Waals surface area contributed by atoms with Gasteiger partial charge in [-0.25, -0.2) is 0 Å². The Bertz CT molecular complexity index is 736. The number of pyridine rings is 1. The molecule has 0 aliphatic carbocycles. The molecule has 2 aliphatic rings. The van der Waals surface area contributed by atoms with E-state index in [2.05, 4.69) is 5.32 Å². The second-order valence-corrected chi connectivity index (χ2v) is 8.10. The topological polar surface area (TPSA) is 54.7 Å². The molecule has 0 radical (unpaired) electrons. The molecule has 6 nitrogen and oxygen atoms in total. The third-order valence-electron chi connectivity index (χ3n) is 5.93. The minimum atomic E-state index is -4.47. The number of nitrogens with zero attached hydrogens (tertiary/aromatic N) is 2. The van der Waals surface area contributed by atoms with Crippen LogP contribution in [0.5, 0.6) is 0 Å². The van der Waals surface area contributed by atoms with E-state index in [1.807, 2.05) is 6.92 Å². The van der Waals surface area contributed by atoms with Crippen molar-refractivity contribution in [1.82, 2.24) is 10.2 Å². The number of aromatic nitrogens is 1. The van der Waals surface area contributed by atoms with Gasteiger partial charge < -0.3 is 15.0 Å². The number of alkyl halides is 3. The van der Waals surface area contributed by atoms with E-state index in [1.54, 1.807) is 4.90 Å². The summed E-state index contributed by atoms with van der Waals surface area (Å²) >= 11 is 0. The summed E-state index contributed by atoms with van der Waals surface area (Å²) in [5.41, 5.74) is 0.396. The summed E-state index contributed by atoms with van der Waals surface area (Å²) in [6, 6.07) is 1.62. The fourth-order valence-electron chi connectivity index (χ4n) is 4.14. The van der Waals surface area contributed by atoms with Crippen molar-refractivity contribution in [3.8, 4) is 0 Å². The first-order valence-corrected chi connectivity index (χ1v) is 10.6. The molecule has 1 amide bonds. The first-order chi connectivity index (χ1) is 14.3. The van der Waals surface area contributed by atoms with Crippen LogP contribution in [0.25, 0.3) is 0 Å². The maximum atomic E-state index is 13.2. The smallest absolute Gasteiger partial charge is 0.381 e. The first-order valence-electron chi connectivity index (χ1n) is 10.6. The van der Waals surface area contributed by atoms with Gasteiger partial charge in [0, 0.05) is 42.0 Å². The highest BCUT2D eigenvalue weighted by Crippen LogP contribution is 2.30. The molecule has 9 heteroatoms. The van der Waals surface area contributed by atoms with E-state index in [9.17, 15) is 18.0 Å². The van der Waals surface area contributed by atoms with Crippen molar-refractivity contribution in [2.24, 2.45) is 5.92 Å². The molecule has 1 atom stereocenters. The monoisotopic (exact) mass is 430 g/mol. The number of ether oxygens (including phenoxy) is 1. The molecule has 1 fully saturated rings. The van der Waals surface area contributed by atoms with E-state index in [0.717, 1.165) is 57.7 Å². The number of rotatable bonds is 7. The van der Waals surface area contributed by atoms with E-state index in [4.69, 9.17) is 9.57 Å². The number of carbonyl (C=O) groups is 1. The lowest BCUT2D eigenvalue weighted by atomic mass is 9.99. The average Bonchev–Trinajstić information content (AvgIpc) is 2.74. The Morgan fingerprint density at radius 1 is 1.40 bits per heavy atom. The molecule has 3 heterocycles. The third-order valence-corrected chi connectivity index (χ3v) is 5.93. The molecule has 30 heavy (non-hydrogen) atoms. The number of amides is 1. The number of nitrogens with one attached hydrogen (secondary N) is 1. The highest BCUT2D eigenvalue weighted by atomic mass is 19.4. The first kappa shape index (κ1) is 22.8. The fourth-order valence-corrected chi connectivity index (χ4v) is 4.14. The van der Waals surface area contributed by atoms with E-state index < -0.39 is 11.7 Å². The average molecular weight is 430 g/mol. The van der Waals surface area contributed by atoms with Gasteiger partial charge in [-0.3, -0.25) is 9.63 Å². The van der Waals surface area contributed by atoms with Crippen LogP contribution in [0, 0.1) is 5.92 Å². The standard InChI is InChI=1S/C21H31F3N3O3/c1-15(4-3-8-25-18-6-10-30-11-7-18)20(28)26-9-5-19-16(13-26)12-17(21(22,23)24)14-27(19)29-2/h12,14-15,18,25H,3-11,13H2,1-2H3/q+1/t15-/m1/s1. The SMILES string of the molecule is CO[n+]1cc(C(F)(F)F)cc2c1CCN(C(=O)[C@H](C)CCCNC1CCOCC1)C2. The predicted molar refractivity (Wildman–Crippen MR) is 104 cm³/mol. The molecule has 2 aliphatic heterocycles. The van der Waals surface area contributed by atoms with Crippen molar-refractivity contribution in [2.45, 2.75) is 57.8 Å². The van der Waals surface area contributed by atoms with Crippen LogP contribution >= 0.6 is 0 Å². The molecule has 0 unspecified atom stereocenters. The Kier molecular flexibility index (Phi) is 7.57. The maximum Gasteiger partial charge on any atom is 0.422 e. The third kappa shape index (κ3) is 5.63. The summed E-state index contributed by atoms with van der Waals surface area (Å²) in [7, 11) is 1.34. The molecule has 0 aromatic carbocycles. The van der Waals surface area contributed by atoms with Crippen LogP contribution in [-0.4, -0.2) is 50.3 Å². The quantitative estimate of drug-likeness (QED) is 0.532. The zero-order valence-electron chi connectivity index (χ0n) is 17.6. The van der Waals surface area contributed by atoms with Crippen LogP contribution in [0.1, 0.15) is 49.4 Å². The lowest BCUT2D eigenvalue weighted by Gasteiger charge is -2.29. The van der Waals surface area contributed by atoms with Crippen LogP contribution in [-0.2, 0) is 28.7 Å². The molecule has 1 saturated heterocycles. The van der Waals surface area contributed by atoms with Crippen molar-refractivity contribution in [3.05, 3.63) is 29.1 Å². The molecular formula is C21H31F3N3O3+. The van der Waals surface area contributed by atoms with Crippen molar-refractivity contribution in [3.63, 3.8) is 0 Å². The zero-order valence-corrected chi connectivity index (χ0v) is 17.6. The summed E-state index contributed by atoms with van der Waals surface area (Å²) in [4.78, 5) is 19.6. The summed E-state index contributed by atoms with van der Waals surface area (Å²) in [5, 5.41) is 3.51. The van der Waals surface area contributed by atoms with Gasteiger partial charge in [-0.1, -0.05) is 6.92 Å². The minimum Gasteiger partial charge on any atom is -0.381 e. The van der Waals surface area contributed by atoms with E-state index in [1.165, 1.54) is 11.8 Å². The summed E-state index contributed by atoms with van der Waals surface area (Å²) in [6.45, 7) is 4.99. The Morgan fingerprint density at radius 2 is 2.13 bits per heavy atom. The van der Waals surface area contributed by atoms with Gasteiger partial charge in [0.2, 0.25) is 17.8 Å². The van der Waals surface area contributed by atoms with Crippen molar-refractivity contribution >= 4 is 5.91 Å². The second-order valence-electron chi connectivity index (χ2n) is 8.10. The van der Waals surface area contributed by atoms with Gasteiger partial charge in [0.05, 0.1) is 13.0 Å². The number of hydrogen-bond acceptors (Lipinski definition) is 4. The number of hydrogen-bond donors (Lipinski definition) is 1. The fraction of sp³-hybridized carbons (Fsp3) is 0.714. The van der Waals surface area contributed by atoms with Gasteiger partial charge >= 0.3 is 6.18 Å². The predicted octanol–water partition coefficient (Wildman–Crippen LogP) is 2.12. The Balaban J connectivity index is 1.55. The Hall–Kier alpha value is -1.87. The molecule has 0 saturated carbocycles. The van der Waals surface area contributed by atoms with Crippen LogP contribution in [0.3, 0.4) is 0 Å². The van der Waals surface area contributed by atoms with Gasteiger partial charge in [0.15, 0.2) is 0 Å². The van der Waals surface area contributed by atoms with Gasteiger partial charge in [-0.15, -0.1) is 0 Å². The van der Waals surface area contributed by atoms with Gasteiger partial charge in [0.25, 0.3) is 0 Å². The molecule has 0 bridgehead atoms. The Labute approximate surface area is 175 Å². The van der Waals surface area contributed by atoms with Crippen LogP contribution in [0.4, 0.5) is 13.2 Å². The molecule has 1 aromatic rings. The van der Waals surface area contributed by atoms with Crippen LogP contribution in [0.2, 0.25) is 0 Å². The summed E-state index contributed by atoms with van der Waals surface area (Å²) in [5.74, 6) is -0.170. The van der Waals surface area contributed by atoms with Crippen molar-refractivity contribution < 1.29 is 32.3 Å². The number of halogens is 3. The van der Waals surface area contributed by atoms with Crippen LogP contribution < -0.4 is 14.9 Å². The highest BCUT2D eigenvalue weighted by molar-refractivity contribution is 5.78. The number of carbonyl (C=O) groups excluding carboxylic acids is 1. The summed E-state index contributed by atoms with van der Waals surface area (Å²) < 4.78 is 46.1. The van der Waals surface area contributed by atoms with Crippen molar-refractivity contribution in [1.29, 1.82) is 0 Å². The van der Waals surface area contributed by atoms with E-state index >= 15 is 0 Å². The number of fused-ring (bicyclic) bond motifs is 1. The van der Waals surface area contributed by atoms with Crippen molar-refractivity contribution in [2.75, 3.05) is 33.4 Å². The molecular weight excluding hydrogens is 399 g/mol. The highest BCUT2D eigenvalue weighted by Gasteiger charge is 2.38. The van der Waals surface area contributed by atoms with Gasteiger partial charge in [0.1, 0.15) is 12.7 Å². The molecule has 168 valence electrons. The van der Waals surface area contributed by atoms with Gasteiger partial charge in [-0.05, 0) is 38.3 Å². The molecule has 0 spiro atoms. The molecule has 1 aromatic heterocycles. The molecule has 1 N–H and O–H groups in total. The van der Waals surface area contributed by atoms with Crippen LogP contribution in [0.15, 0.2) is 12.3 Å². The summed E-state index contributed by atoms with van der Waals surface area (Å²) in [6.07, 6.45) is 0.629. The van der Waals surface area contributed by atoms with E-state index in [0.29, 0.717) is 30.3 Å². The Morgan fingerprint density at radius 3 is 2.80 bits per heavy atom. The normalized spacial score (nSPS) is 18.8. The molecule has 3 rings (SSSR count). The zero-order chi connectivity index (χ0) is 21.7. The maximum absolute atomic E-state index is 13.2. The largest absolute Gasteiger partial charge is 0.422 e. The minimum absolute atomic E-state index is 0.00639. The lowest BCUT2D eigenvalue weighted by molar-refractivity contribution is -0.891.